The van der Waals surface area contributed by atoms with E-state index in [1.165, 1.54) is 6.07 Å². The Morgan fingerprint density at radius 3 is 2.67 bits per heavy atom. The van der Waals surface area contributed by atoms with Crippen molar-refractivity contribution in [2.24, 2.45) is 0 Å². The van der Waals surface area contributed by atoms with Crippen LogP contribution < -0.4 is 15.4 Å². The molecule has 0 radical (unpaired) electrons. The number of amides is 2. The van der Waals surface area contributed by atoms with Gasteiger partial charge < -0.3 is 20.3 Å². The first-order valence-electron chi connectivity index (χ1n) is 14.4. The average molecular weight is 573 g/mol. The number of hydrogen-bond donors (Lipinski definition) is 2. The summed E-state index contributed by atoms with van der Waals surface area (Å²) in [6.45, 7) is 6.32. The molecule has 3 aromatic carbocycles. The van der Waals surface area contributed by atoms with Gasteiger partial charge in [0.15, 0.2) is 11.6 Å². The number of halogens is 2. The Kier molecular flexibility index (Phi) is 8.04. The Labute approximate surface area is 244 Å². The number of carbonyl (C=O) groups excluding carboxylic acids is 2. The third-order valence-electron chi connectivity index (χ3n) is 8.37. The maximum atomic E-state index is 14.4. The summed E-state index contributed by atoms with van der Waals surface area (Å²) in [4.78, 5) is 29.4. The molecule has 0 aromatic heterocycles. The summed E-state index contributed by atoms with van der Waals surface area (Å²) in [7, 11) is 0. The molecule has 3 aliphatic rings. The second kappa shape index (κ2) is 12.0. The van der Waals surface area contributed by atoms with E-state index in [4.69, 9.17) is 4.74 Å². The van der Waals surface area contributed by atoms with Crippen molar-refractivity contribution in [1.82, 2.24) is 20.4 Å². The van der Waals surface area contributed by atoms with E-state index in [1.807, 2.05) is 24.3 Å². The zero-order valence-electron chi connectivity index (χ0n) is 23.3. The average Bonchev–Trinajstić information content (AvgIpc) is 3.30. The van der Waals surface area contributed by atoms with Crippen molar-refractivity contribution in [2.45, 2.75) is 57.1 Å². The van der Waals surface area contributed by atoms with Gasteiger partial charge in [-0.1, -0.05) is 49.0 Å². The molecule has 3 aromatic rings. The van der Waals surface area contributed by atoms with Gasteiger partial charge >= 0.3 is 0 Å². The monoisotopic (exact) mass is 572 g/mol. The highest BCUT2D eigenvalue weighted by Gasteiger charge is 2.38. The van der Waals surface area contributed by atoms with Crippen LogP contribution >= 0.6 is 0 Å². The van der Waals surface area contributed by atoms with Gasteiger partial charge in [-0.3, -0.25) is 14.5 Å². The molecule has 2 N–H and O–H groups in total. The van der Waals surface area contributed by atoms with Crippen molar-refractivity contribution in [3.05, 3.63) is 113 Å². The Balaban J connectivity index is 1.18. The molecule has 0 bridgehead atoms. The maximum Gasteiger partial charge on any atom is 0.255 e. The lowest BCUT2D eigenvalue weighted by atomic mass is 10.00. The number of benzene rings is 3. The highest BCUT2D eigenvalue weighted by atomic mass is 19.2. The van der Waals surface area contributed by atoms with E-state index in [1.54, 1.807) is 23.1 Å². The molecule has 3 aliphatic heterocycles. The Morgan fingerprint density at radius 2 is 1.86 bits per heavy atom. The number of allylic oxidation sites excluding steroid dienone is 1. The van der Waals surface area contributed by atoms with Crippen LogP contribution in [0.5, 0.6) is 5.75 Å². The predicted octanol–water partition coefficient (Wildman–Crippen LogP) is 4.52. The minimum Gasteiger partial charge on any atom is -0.487 e. The van der Waals surface area contributed by atoms with Gasteiger partial charge in [0.05, 0.1) is 0 Å². The molecule has 0 saturated carbocycles. The highest BCUT2D eigenvalue weighted by molar-refractivity contribution is 6.01. The molecule has 2 saturated heterocycles. The van der Waals surface area contributed by atoms with Crippen LogP contribution in [0.3, 0.4) is 0 Å². The standard InChI is InChI=1S/C33H34F2N4O3/c1-21-10-13-29(32(40)37-21)39-19-24-16-25(11-12-26(24)33(39)41)42-30-20-38(18-23-8-5-9-27(34)31(23)35)15-14-28(30)36-17-22-6-3-2-4-7-22/h2-9,11-12,16,28-30,36H,1,10,13-15,17-20H2,(H,37,40)/t28-,29?,30-/m0/s1. The van der Waals surface area contributed by atoms with Gasteiger partial charge in [0, 0.05) is 55.6 Å². The number of piperidine rings is 2. The van der Waals surface area contributed by atoms with Crippen molar-refractivity contribution < 1.29 is 23.1 Å². The molecule has 0 aliphatic carbocycles. The van der Waals surface area contributed by atoms with Gasteiger partial charge in [-0.15, -0.1) is 0 Å². The molecule has 2 amide bonds. The van der Waals surface area contributed by atoms with E-state index in [2.05, 4.69) is 34.2 Å². The quantitative estimate of drug-likeness (QED) is 0.415. The maximum absolute atomic E-state index is 14.4. The molecule has 0 spiro atoms. The van der Waals surface area contributed by atoms with Crippen LogP contribution in [-0.2, 0) is 24.4 Å². The summed E-state index contributed by atoms with van der Waals surface area (Å²) >= 11 is 0. The van der Waals surface area contributed by atoms with Crippen molar-refractivity contribution in [2.75, 3.05) is 13.1 Å². The molecule has 2 fully saturated rings. The van der Waals surface area contributed by atoms with Gasteiger partial charge in [0.2, 0.25) is 5.91 Å². The number of rotatable bonds is 8. The molecule has 42 heavy (non-hydrogen) atoms. The van der Waals surface area contributed by atoms with E-state index in [-0.39, 0.29) is 30.5 Å². The third-order valence-corrected chi connectivity index (χ3v) is 8.37. The number of hydrogen-bond acceptors (Lipinski definition) is 5. The number of nitrogens with zero attached hydrogens (tertiary/aromatic N) is 2. The number of ether oxygens (including phenoxy) is 1. The van der Waals surface area contributed by atoms with Crippen LogP contribution in [-0.4, -0.2) is 52.9 Å². The van der Waals surface area contributed by atoms with Crippen LogP contribution in [0.1, 0.15) is 46.3 Å². The van der Waals surface area contributed by atoms with Gasteiger partial charge in [-0.05, 0) is 54.7 Å². The largest absolute Gasteiger partial charge is 0.487 e. The van der Waals surface area contributed by atoms with Gasteiger partial charge in [-0.2, -0.15) is 0 Å². The predicted molar refractivity (Wildman–Crippen MR) is 154 cm³/mol. The number of nitrogens with one attached hydrogen (secondary N) is 2. The first-order valence-corrected chi connectivity index (χ1v) is 14.4. The van der Waals surface area contributed by atoms with Crippen molar-refractivity contribution >= 4 is 11.8 Å². The molecule has 3 atom stereocenters. The zero-order chi connectivity index (χ0) is 29.2. The minimum atomic E-state index is -0.850. The lowest BCUT2D eigenvalue weighted by Gasteiger charge is -2.39. The molecule has 6 rings (SSSR count). The summed E-state index contributed by atoms with van der Waals surface area (Å²) < 4.78 is 34.9. The molecule has 218 valence electrons. The van der Waals surface area contributed by atoms with Crippen LogP contribution in [0.15, 0.2) is 79.0 Å². The van der Waals surface area contributed by atoms with Gasteiger partial charge in [0.1, 0.15) is 17.9 Å². The van der Waals surface area contributed by atoms with Crippen LogP contribution in [0, 0.1) is 11.6 Å². The fourth-order valence-corrected chi connectivity index (χ4v) is 6.11. The lowest BCUT2D eigenvalue weighted by molar-refractivity contribution is -0.126. The Bertz CT molecular complexity index is 1500. The normalized spacial score (nSPS) is 22.7. The second-order valence-corrected chi connectivity index (χ2v) is 11.3. The van der Waals surface area contributed by atoms with Crippen molar-refractivity contribution in [1.29, 1.82) is 0 Å². The van der Waals surface area contributed by atoms with Crippen molar-refractivity contribution in [3.8, 4) is 5.75 Å². The number of likely N-dealkylation sites (tertiary alicyclic amines) is 1. The SMILES string of the molecule is C=C1CCC(N2Cc3cc(O[C@H]4CN(Cc5cccc(F)c5F)CC[C@@H]4NCc4ccccc4)ccc3C2=O)C(=O)N1. The highest BCUT2D eigenvalue weighted by Crippen LogP contribution is 2.32. The van der Waals surface area contributed by atoms with E-state index >= 15 is 0 Å². The second-order valence-electron chi connectivity index (χ2n) is 11.3. The zero-order valence-corrected chi connectivity index (χ0v) is 23.3. The third kappa shape index (κ3) is 5.93. The number of carbonyl (C=O) groups is 2. The molecular weight excluding hydrogens is 538 g/mol. The molecule has 1 unspecified atom stereocenters. The Hall–Kier alpha value is -4.08. The minimum absolute atomic E-state index is 0.0178. The smallest absolute Gasteiger partial charge is 0.255 e. The molecule has 7 nitrogen and oxygen atoms in total. The van der Waals surface area contributed by atoms with Crippen molar-refractivity contribution in [3.63, 3.8) is 0 Å². The molecule has 9 heteroatoms. The van der Waals surface area contributed by atoms with E-state index in [9.17, 15) is 18.4 Å². The summed E-state index contributed by atoms with van der Waals surface area (Å²) in [5.41, 5.74) is 3.54. The topological polar surface area (TPSA) is 73.9 Å². The summed E-state index contributed by atoms with van der Waals surface area (Å²) in [5.74, 6) is -1.40. The van der Waals surface area contributed by atoms with Crippen LogP contribution in [0.2, 0.25) is 0 Å². The van der Waals surface area contributed by atoms with Crippen LogP contribution in [0.25, 0.3) is 0 Å². The number of fused-ring (bicyclic) bond motifs is 1. The van der Waals surface area contributed by atoms with Gasteiger partial charge in [-0.25, -0.2) is 8.78 Å². The summed E-state index contributed by atoms with van der Waals surface area (Å²) in [5, 5.41) is 6.40. The lowest BCUT2D eigenvalue weighted by Crippen LogP contribution is -2.54. The van der Waals surface area contributed by atoms with E-state index < -0.39 is 17.7 Å². The van der Waals surface area contributed by atoms with E-state index in [0.717, 1.165) is 23.6 Å². The van der Waals surface area contributed by atoms with Crippen LogP contribution in [0.4, 0.5) is 8.78 Å². The fourth-order valence-electron chi connectivity index (χ4n) is 6.11. The first kappa shape index (κ1) is 28.1. The molecular formula is C33H34F2N4O3. The first-order chi connectivity index (χ1) is 20.4. The summed E-state index contributed by atoms with van der Waals surface area (Å²) in [6.07, 6.45) is 1.67. The fraction of sp³-hybridized carbons (Fsp3) is 0.333. The Morgan fingerprint density at radius 1 is 1.02 bits per heavy atom. The summed E-state index contributed by atoms with van der Waals surface area (Å²) in [6, 6.07) is 19.3. The van der Waals surface area contributed by atoms with E-state index in [0.29, 0.717) is 61.6 Å². The van der Waals surface area contributed by atoms with Gasteiger partial charge in [0.25, 0.3) is 5.91 Å². The molecule has 3 heterocycles.